The molecule has 0 bridgehead atoms. The summed E-state index contributed by atoms with van der Waals surface area (Å²) < 4.78 is 8.10. The highest BCUT2D eigenvalue weighted by Gasteiger charge is 2.07. The predicted octanol–water partition coefficient (Wildman–Crippen LogP) is -1.89. The Labute approximate surface area is 71.0 Å². The van der Waals surface area contributed by atoms with E-state index in [0.29, 0.717) is 0 Å². The van der Waals surface area contributed by atoms with Crippen LogP contribution < -0.4 is 3.43 Å². The fourth-order valence-corrected chi connectivity index (χ4v) is 0.783. The summed E-state index contributed by atoms with van der Waals surface area (Å²) in [6, 6.07) is 0. The second-order valence-electron chi connectivity index (χ2n) is 1.36. The van der Waals surface area contributed by atoms with E-state index in [-0.39, 0.29) is 6.63 Å². The standard InChI is InChI=1S/B6HIN/c1-4-6(8-7)5(2)3/h8H/q-1/i/hT. The molecule has 0 spiro atoms. The van der Waals surface area contributed by atoms with Gasteiger partial charge >= 0.3 is 0 Å². The summed E-state index contributed by atoms with van der Waals surface area (Å²) in [4.78, 5) is 0. The molecule has 1 N–H and O–H groups in total. The van der Waals surface area contributed by atoms with Crippen LogP contribution in [0.3, 0.4) is 0 Å². The van der Waals surface area contributed by atoms with Crippen molar-refractivity contribution in [1.29, 1.82) is 0 Å². The van der Waals surface area contributed by atoms with Gasteiger partial charge in [0.05, 0.1) is 6.63 Å². The molecular weight excluding hydrogens is 206 g/mol. The van der Waals surface area contributed by atoms with Crippen LogP contribution in [0.5, 0.6) is 0 Å². The normalized spacial score (nSPS) is 10.6. The Balaban J connectivity index is 3.68. The molecule has 0 aliphatic carbocycles. The predicted molar refractivity (Wildman–Crippen MR) is 51.7 cm³/mol. The van der Waals surface area contributed by atoms with Gasteiger partial charge in [-0.3, -0.25) is 0 Å². The topological polar surface area (TPSA) is 12.0 Å². The van der Waals surface area contributed by atoms with Crippen LogP contribution in [-0.4, -0.2) is 43.3 Å². The molecule has 0 fully saturated rings. The van der Waals surface area contributed by atoms with Crippen molar-refractivity contribution in [1.82, 2.24) is 3.43 Å². The van der Waals surface area contributed by atoms with E-state index in [1.807, 2.05) is 0 Å². The van der Waals surface area contributed by atoms with Gasteiger partial charge in [0.15, 0.2) is 0 Å². The Hall–Kier alpha value is 1.08. The molecule has 0 heterocycles. The van der Waals surface area contributed by atoms with Gasteiger partial charge < -0.3 is 11.2 Å². The van der Waals surface area contributed by atoms with Crippen molar-refractivity contribution in [2.45, 2.75) is 0 Å². The highest BCUT2D eigenvalue weighted by molar-refractivity contribution is 14.1. The first kappa shape index (κ1) is 7.19. The lowest BCUT2D eigenvalue weighted by atomic mass is 8.86. The minimum absolute atomic E-state index is 0.384. The van der Waals surface area contributed by atoms with Gasteiger partial charge in [0.25, 0.3) is 0 Å². The number of nitrogens with one attached hydrogen (secondary N) is 1. The fourth-order valence-electron chi connectivity index (χ4n) is 0.226. The third-order valence-electron chi connectivity index (χ3n) is 0.704. The summed E-state index contributed by atoms with van der Waals surface area (Å²) in [5.41, 5.74) is 0. The second-order valence-corrected chi connectivity index (χ2v) is 1.92. The molecular formula is HB6IN-. The van der Waals surface area contributed by atoms with Crippen molar-refractivity contribution >= 4 is 66.2 Å². The van der Waals surface area contributed by atoms with Crippen molar-refractivity contribution in [3.63, 3.8) is 0 Å². The van der Waals surface area contributed by atoms with E-state index in [9.17, 15) is 0 Å². The van der Waals surface area contributed by atoms with Gasteiger partial charge in [0.1, 0.15) is 1.41 Å². The molecule has 0 aromatic carbocycles. The van der Waals surface area contributed by atoms with Crippen LogP contribution in [0.2, 0.25) is 1.41 Å². The number of halogens is 1. The maximum absolute atomic E-state index is 7.01. The summed E-state index contributed by atoms with van der Waals surface area (Å²) in [5.74, 6) is 0. The molecule has 0 aliphatic heterocycles. The molecule has 8 heteroatoms. The molecule has 0 amide bonds. The van der Waals surface area contributed by atoms with Gasteiger partial charge in [0.2, 0.25) is 0 Å². The van der Waals surface area contributed by atoms with Gasteiger partial charge in [-0.25, -0.2) is 7.06 Å². The number of rotatable bonds is 3. The smallest absolute Gasteiger partial charge is 0.117 e. The fraction of sp³-hybridized carbons (Fsp3) is 0. The van der Waals surface area contributed by atoms with Crippen molar-refractivity contribution in [2.75, 3.05) is 0 Å². The van der Waals surface area contributed by atoms with E-state index in [0.717, 1.165) is 3.43 Å². The summed E-state index contributed by atoms with van der Waals surface area (Å²) in [6.45, 7) is -0.384. The second kappa shape index (κ2) is 4.91. The van der Waals surface area contributed by atoms with Gasteiger partial charge in [-0.2, -0.15) is 0 Å². The van der Waals surface area contributed by atoms with E-state index >= 15 is 0 Å². The molecule has 0 aliphatic rings. The van der Waals surface area contributed by atoms with E-state index in [2.05, 4.69) is 0 Å². The quantitative estimate of drug-likeness (QED) is 0.325. The van der Waals surface area contributed by atoms with E-state index in [4.69, 9.17) is 24.6 Å². The lowest BCUT2D eigenvalue weighted by Crippen LogP contribution is -2.50. The van der Waals surface area contributed by atoms with Crippen molar-refractivity contribution < 1.29 is 1.41 Å². The molecule has 0 rings (SSSR count). The lowest BCUT2D eigenvalue weighted by molar-refractivity contribution is 1.80. The van der Waals surface area contributed by atoms with Crippen molar-refractivity contribution in [3.05, 3.63) is 0 Å². The van der Waals surface area contributed by atoms with Crippen molar-refractivity contribution in [3.8, 4) is 0 Å². The minimum atomic E-state index is -0.593. The van der Waals surface area contributed by atoms with E-state index in [1.54, 1.807) is 22.9 Å². The molecule has 0 atom stereocenters. The highest BCUT2D eigenvalue weighted by Crippen LogP contribution is 1.77. The molecule has 0 saturated heterocycles. The summed E-state index contributed by atoms with van der Waals surface area (Å²) in [5, 5.41) is 0. The van der Waals surface area contributed by atoms with Gasteiger partial charge in [-0.05, 0) is 0 Å². The molecule has 0 aromatic rings. The molecule has 8 radical (unpaired) electrons. The molecule has 8 heavy (non-hydrogen) atoms. The molecule has 32 valence electrons. The van der Waals surface area contributed by atoms with Gasteiger partial charge in [0, 0.05) is 44.7 Å². The highest BCUT2D eigenvalue weighted by atomic mass is 127. The Morgan fingerprint density at radius 1 is 1.88 bits per heavy atom. The monoisotopic (exact) mass is 210 g/mol. The summed E-state index contributed by atoms with van der Waals surface area (Å²) in [6.07, 6.45) is -0.593. The van der Waals surface area contributed by atoms with Crippen LogP contribution in [0.1, 0.15) is 0 Å². The molecule has 0 unspecified atom stereocenters. The van der Waals surface area contributed by atoms with Crippen LogP contribution in [-0.2, 0) is 0 Å². The average molecular weight is 209 g/mol. The summed E-state index contributed by atoms with van der Waals surface area (Å²) >= 11 is 1.75. The first-order valence-corrected chi connectivity index (χ1v) is 3.06. The summed E-state index contributed by atoms with van der Waals surface area (Å²) in [7, 11) is 16.9. The average Bonchev–Trinajstić information content (AvgIpc) is 1.64. The van der Waals surface area contributed by atoms with Gasteiger partial charge in [-0.15, -0.1) is 0 Å². The first-order valence-electron chi connectivity index (χ1n) is 2.54. The first-order chi connectivity index (χ1) is 4.09. The third-order valence-corrected chi connectivity index (χ3v) is 1.35. The van der Waals surface area contributed by atoms with Crippen LogP contribution in [0.25, 0.3) is 0 Å². The Bertz CT molecular complexity index is 67.5. The molecule has 0 aromatic heterocycles. The number of hydrogen-bond acceptors (Lipinski definition) is 1. The maximum Gasteiger partial charge on any atom is 0.117 e. The zero-order valence-electron chi connectivity index (χ0n) is 5.29. The van der Waals surface area contributed by atoms with Crippen LogP contribution in [0.15, 0.2) is 0 Å². The molecule has 1 nitrogen and oxygen atoms in total. The third kappa shape index (κ3) is 3.17. The van der Waals surface area contributed by atoms with Crippen LogP contribution >= 0.6 is 22.9 Å². The Morgan fingerprint density at radius 2 is 2.38 bits per heavy atom. The van der Waals surface area contributed by atoms with Gasteiger partial charge in [-0.1, -0.05) is 0 Å². The number of hydrogen-bond donors (Lipinski definition) is 1. The van der Waals surface area contributed by atoms with Crippen molar-refractivity contribution in [2.24, 2.45) is 0 Å². The Kier molecular flexibility index (Phi) is 4.41. The largest absolute Gasteiger partial charge is 0.688 e. The van der Waals surface area contributed by atoms with E-state index < -0.39 is 6.39 Å². The van der Waals surface area contributed by atoms with E-state index in [1.165, 1.54) is 7.06 Å². The maximum atomic E-state index is 7.01. The lowest BCUT2D eigenvalue weighted by Gasteiger charge is -2.18. The zero-order chi connectivity index (χ0) is 7.44. The van der Waals surface area contributed by atoms with Crippen LogP contribution in [0, 0.1) is 0 Å². The molecule has 0 saturated carbocycles. The minimum Gasteiger partial charge on any atom is -0.688 e. The SMILES string of the molecule is [3H]N(I)B([B][B-])B([B])[B]. The zero-order valence-corrected chi connectivity index (χ0v) is 6.45. The van der Waals surface area contributed by atoms with Crippen LogP contribution in [0.4, 0.5) is 0 Å². The Morgan fingerprint density at radius 3 is 2.38 bits per heavy atom.